The minimum absolute atomic E-state index is 0.0336. The minimum atomic E-state index is -0.572. The largest absolute Gasteiger partial charge is 0.284 e. The van der Waals surface area contributed by atoms with Gasteiger partial charge >= 0.3 is 0 Å². The highest BCUT2D eigenvalue weighted by Crippen LogP contribution is 2.23. The van der Waals surface area contributed by atoms with Crippen molar-refractivity contribution >= 4 is 11.6 Å². The Morgan fingerprint density at radius 1 is 1.14 bits per heavy atom. The van der Waals surface area contributed by atoms with Gasteiger partial charge in [0.1, 0.15) is 5.69 Å². The first-order valence-corrected chi connectivity index (χ1v) is 6.49. The Hall–Kier alpha value is -2.53. The summed E-state index contributed by atoms with van der Waals surface area (Å²) in [5.41, 5.74) is 1.06. The van der Waals surface area contributed by atoms with E-state index in [0.717, 1.165) is 6.20 Å². The lowest BCUT2D eigenvalue weighted by atomic mass is 10.1. The van der Waals surface area contributed by atoms with Crippen LogP contribution in [0.25, 0.3) is 16.9 Å². The molecule has 0 fully saturated rings. The third-order valence-electron chi connectivity index (χ3n) is 2.93. The molecule has 0 N–H and O–H groups in total. The summed E-state index contributed by atoms with van der Waals surface area (Å²) >= 11 is 5.70. The number of aromatic nitrogens is 3. The molecule has 0 spiro atoms. The van der Waals surface area contributed by atoms with Crippen LogP contribution in [0.4, 0.5) is 4.39 Å². The average molecular weight is 302 g/mol. The van der Waals surface area contributed by atoms with Gasteiger partial charge in [0, 0.05) is 23.5 Å². The van der Waals surface area contributed by atoms with E-state index >= 15 is 0 Å². The van der Waals surface area contributed by atoms with Crippen LogP contribution in [-0.2, 0) is 0 Å². The topological polar surface area (TPSA) is 47.8 Å². The van der Waals surface area contributed by atoms with Gasteiger partial charge in [-0.25, -0.2) is 14.4 Å². The lowest BCUT2D eigenvalue weighted by molar-refractivity contribution is 0.618. The third kappa shape index (κ3) is 2.68. The van der Waals surface area contributed by atoms with Gasteiger partial charge in [0.2, 0.25) is 5.28 Å². The smallest absolute Gasteiger partial charge is 0.255 e. The van der Waals surface area contributed by atoms with Crippen LogP contribution in [0.2, 0.25) is 5.28 Å². The van der Waals surface area contributed by atoms with E-state index in [1.807, 2.05) is 0 Å². The molecule has 0 radical (unpaired) electrons. The zero-order chi connectivity index (χ0) is 14.8. The van der Waals surface area contributed by atoms with Crippen molar-refractivity contribution in [1.29, 1.82) is 0 Å². The summed E-state index contributed by atoms with van der Waals surface area (Å²) in [5.74, 6) is -0.572. The molecule has 0 saturated carbocycles. The Morgan fingerprint density at radius 3 is 2.81 bits per heavy atom. The molecule has 0 aliphatic heterocycles. The fraction of sp³-hybridized carbons (Fsp3) is 0. The van der Waals surface area contributed by atoms with Crippen molar-refractivity contribution in [3.05, 3.63) is 76.3 Å². The lowest BCUT2D eigenvalue weighted by Gasteiger charge is -2.08. The van der Waals surface area contributed by atoms with Gasteiger partial charge in [0.25, 0.3) is 5.56 Å². The Labute approximate surface area is 124 Å². The number of pyridine rings is 1. The molecule has 0 amide bonds. The van der Waals surface area contributed by atoms with Crippen LogP contribution in [0.15, 0.2) is 59.7 Å². The van der Waals surface area contributed by atoms with E-state index in [1.54, 1.807) is 42.6 Å². The van der Waals surface area contributed by atoms with Crippen molar-refractivity contribution in [2.45, 2.75) is 0 Å². The van der Waals surface area contributed by atoms with Crippen LogP contribution in [0.3, 0.4) is 0 Å². The fourth-order valence-electron chi connectivity index (χ4n) is 1.99. The molecule has 2 aromatic heterocycles. The lowest BCUT2D eigenvalue weighted by Crippen LogP contribution is -2.15. The van der Waals surface area contributed by atoms with Crippen molar-refractivity contribution in [2.75, 3.05) is 0 Å². The highest BCUT2D eigenvalue weighted by molar-refractivity contribution is 6.28. The van der Waals surface area contributed by atoms with Gasteiger partial charge in [-0.1, -0.05) is 18.2 Å². The van der Waals surface area contributed by atoms with E-state index in [2.05, 4.69) is 9.97 Å². The van der Waals surface area contributed by atoms with E-state index < -0.39 is 5.82 Å². The quantitative estimate of drug-likeness (QED) is 0.683. The summed E-state index contributed by atoms with van der Waals surface area (Å²) < 4.78 is 15.3. The van der Waals surface area contributed by atoms with Crippen molar-refractivity contribution in [2.24, 2.45) is 0 Å². The van der Waals surface area contributed by atoms with Crippen LogP contribution >= 0.6 is 11.6 Å². The van der Waals surface area contributed by atoms with Gasteiger partial charge in [-0.05, 0) is 29.8 Å². The SMILES string of the molecule is O=c1ccccn1-c1cccc(-c2nc(Cl)ncc2F)c1. The molecule has 3 aromatic rings. The standard InChI is InChI=1S/C15H9ClFN3O/c16-15-18-9-12(17)14(19-15)10-4-3-5-11(8-10)20-7-2-1-6-13(20)21/h1-9H. The van der Waals surface area contributed by atoms with Gasteiger partial charge < -0.3 is 0 Å². The van der Waals surface area contributed by atoms with Crippen LogP contribution in [0, 0.1) is 5.82 Å². The van der Waals surface area contributed by atoms with Crippen molar-refractivity contribution < 1.29 is 4.39 Å². The Bertz CT molecular complexity index is 863. The molecule has 4 nitrogen and oxygen atoms in total. The van der Waals surface area contributed by atoms with Crippen LogP contribution in [0.1, 0.15) is 0 Å². The van der Waals surface area contributed by atoms with Gasteiger partial charge in [-0.2, -0.15) is 0 Å². The molecule has 1 aromatic carbocycles. The molecule has 21 heavy (non-hydrogen) atoms. The third-order valence-corrected chi connectivity index (χ3v) is 3.12. The second-order valence-corrected chi connectivity index (χ2v) is 4.63. The number of nitrogens with zero attached hydrogens (tertiary/aromatic N) is 3. The number of hydrogen-bond acceptors (Lipinski definition) is 3. The first kappa shape index (κ1) is 13.5. The Kier molecular flexibility index (Phi) is 3.50. The molecule has 2 heterocycles. The van der Waals surface area contributed by atoms with Gasteiger partial charge in [-0.15, -0.1) is 0 Å². The zero-order valence-corrected chi connectivity index (χ0v) is 11.5. The molecule has 0 aliphatic rings. The maximum absolute atomic E-state index is 13.8. The predicted molar refractivity (Wildman–Crippen MR) is 78.0 cm³/mol. The molecule has 6 heteroatoms. The van der Waals surface area contributed by atoms with Crippen LogP contribution in [0.5, 0.6) is 0 Å². The highest BCUT2D eigenvalue weighted by atomic mass is 35.5. The molecular formula is C15H9ClFN3O. The number of benzene rings is 1. The highest BCUT2D eigenvalue weighted by Gasteiger charge is 2.10. The van der Waals surface area contributed by atoms with E-state index in [9.17, 15) is 9.18 Å². The number of hydrogen-bond donors (Lipinski definition) is 0. The molecule has 104 valence electrons. The molecule has 0 bridgehead atoms. The number of rotatable bonds is 2. The molecule has 0 saturated heterocycles. The van der Waals surface area contributed by atoms with Gasteiger partial charge in [0.15, 0.2) is 5.82 Å². The number of halogens is 2. The maximum Gasteiger partial charge on any atom is 0.255 e. The van der Waals surface area contributed by atoms with E-state index in [-0.39, 0.29) is 16.5 Å². The summed E-state index contributed by atoms with van der Waals surface area (Å²) in [6.45, 7) is 0. The zero-order valence-electron chi connectivity index (χ0n) is 10.7. The monoisotopic (exact) mass is 301 g/mol. The van der Waals surface area contributed by atoms with Gasteiger partial charge in [0.05, 0.1) is 6.20 Å². The summed E-state index contributed by atoms with van der Waals surface area (Å²) in [5, 5.41) is -0.0336. The Balaban J connectivity index is 2.15. The minimum Gasteiger partial charge on any atom is -0.284 e. The van der Waals surface area contributed by atoms with Crippen molar-refractivity contribution in [1.82, 2.24) is 14.5 Å². The second-order valence-electron chi connectivity index (χ2n) is 4.29. The molecule has 0 atom stereocenters. The molecule has 0 unspecified atom stereocenters. The average Bonchev–Trinajstić information content (AvgIpc) is 2.50. The maximum atomic E-state index is 13.8. The van der Waals surface area contributed by atoms with Crippen LogP contribution in [-0.4, -0.2) is 14.5 Å². The van der Waals surface area contributed by atoms with Crippen molar-refractivity contribution in [3.8, 4) is 16.9 Å². The Morgan fingerprint density at radius 2 is 2.00 bits per heavy atom. The summed E-state index contributed by atoms with van der Waals surface area (Å²) in [6, 6.07) is 11.7. The predicted octanol–water partition coefficient (Wildman–Crippen LogP) is 3.09. The molecular weight excluding hydrogens is 293 g/mol. The second kappa shape index (κ2) is 5.46. The summed E-state index contributed by atoms with van der Waals surface area (Å²) in [7, 11) is 0. The molecule has 3 rings (SSSR count). The van der Waals surface area contributed by atoms with Crippen LogP contribution < -0.4 is 5.56 Å². The summed E-state index contributed by atoms with van der Waals surface area (Å²) in [4.78, 5) is 19.3. The van der Waals surface area contributed by atoms with E-state index in [1.165, 1.54) is 10.6 Å². The first-order valence-electron chi connectivity index (χ1n) is 6.12. The fourth-order valence-corrected chi connectivity index (χ4v) is 2.13. The first-order chi connectivity index (χ1) is 10.1. The van der Waals surface area contributed by atoms with E-state index in [0.29, 0.717) is 11.3 Å². The van der Waals surface area contributed by atoms with Gasteiger partial charge in [-0.3, -0.25) is 9.36 Å². The van der Waals surface area contributed by atoms with Crippen molar-refractivity contribution in [3.63, 3.8) is 0 Å². The van der Waals surface area contributed by atoms with E-state index in [4.69, 9.17) is 11.6 Å². The molecule has 0 aliphatic carbocycles. The summed E-state index contributed by atoms with van der Waals surface area (Å²) in [6.07, 6.45) is 2.66. The normalized spacial score (nSPS) is 10.6.